The molecule has 0 fully saturated rings. The molecule has 154 valence electrons. The second-order valence-corrected chi connectivity index (χ2v) is 8.14. The highest BCUT2D eigenvalue weighted by atomic mass is 35.5. The van der Waals surface area contributed by atoms with Crippen LogP contribution in [0.4, 0.5) is 0 Å². The van der Waals surface area contributed by atoms with Crippen molar-refractivity contribution in [3.05, 3.63) is 64.7 Å². The van der Waals surface area contributed by atoms with Gasteiger partial charge in [-0.1, -0.05) is 54.9 Å². The van der Waals surface area contributed by atoms with Crippen molar-refractivity contribution in [1.82, 2.24) is 4.90 Å². The number of carbonyl (C=O) groups is 1. The molecule has 0 bridgehead atoms. The Kier molecular flexibility index (Phi) is 7.15. The molecule has 2 aromatic carbocycles. The first-order valence-electron chi connectivity index (χ1n) is 9.84. The van der Waals surface area contributed by atoms with Gasteiger partial charge in [0.25, 0.3) is 0 Å². The number of amides is 1. The normalized spacial score (nSPS) is 15.8. The quantitative estimate of drug-likeness (QED) is 0.616. The molecule has 0 aromatic heterocycles. The summed E-state index contributed by atoms with van der Waals surface area (Å²) in [6.07, 6.45) is 0.995. The first-order chi connectivity index (χ1) is 13.9. The SMILES string of the molecule is COc1cccc(CN(C[C@@H]2CC(c3ccc(Cl)cc3)=NO2)C(=O)CC(C)C)c1. The maximum atomic E-state index is 12.9. The van der Waals surface area contributed by atoms with Gasteiger partial charge < -0.3 is 14.5 Å². The number of ether oxygens (including phenoxy) is 1. The molecule has 0 saturated carbocycles. The van der Waals surface area contributed by atoms with Crippen LogP contribution in [-0.4, -0.2) is 36.3 Å². The minimum atomic E-state index is -0.164. The Morgan fingerprint density at radius 2 is 2.03 bits per heavy atom. The van der Waals surface area contributed by atoms with Crippen LogP contribution in [0.5, 0.6) is 5.75 Å². The van der Waals surface area contributed by atoms with Gasteiger partial charge >= 0.3 is 0 Å². The highest BCUT2D eigenvalue weighted by molar-refractivity contribution is 6.30. The average Bonchev–Trinajstić information content (AvgIpc) is 3.16. The van der Waals surface area contributed by atoms with Crippen LogP contribution in [0.25, 0.3) is 0 Å². The molecule has 1 aliphatic heterocycles. The van der Waals surface area contributed by atoms with E-state index in [0.717, 1.165) is 22.6 Å². The second-order valence-electron chi connectivity index (χ2n) is 7.70. The maximum absolute atomic E-state index is 12.9. The molecule has 29 heavy (non-hydrogen) atoms. The van der Waals surface area contributed by atoms with E-state index >= 15 is 0 Å². The number of oxime groups is 1. The molecule has 6 heteroatoms. The summed E-state index contributed by atoms with van der Waals surface area (Å²) < 4.78 is 5.31. The molecule has 0 spiro atoms. The van der Waals surface area contributed by atoms with Gasteiger partial charge in [0.2, 0.25) is 5.91 Å². The first-order valence-corrected chi connectivity index (χ1v) is 10.2. The molecule has 0 N–H and O–H groups in total. The zero-order valence-corrected chi connectivity index (χ0v) is 17.9. The van der Waals surface area contributed by atoms with E-state index in [9.17, 15) is 4.79 Å². The lowest BCUT2D eigenvalue weighted by Crippen LogP contribution is -2.37. The number of hydrogen-bond acceptors (Lipinski definition) is 4. The van der Waals surface area contributed by atoms with Crippen LogP contribution in [-0.2, 0) is 16.2 Å². The summed E-state index contributed by atoms with van der Waals surface area (Å²) in [6.45, 7) is 5.10. The Hall–Kier alpha value is -2.53. The molecule has 5 nitrogen and oxygen atoms in total. The van der Waals surface area contributed by atoms with Crippen molar-refractivity contribution in [2.45, 2.75) is 39.3 Å². The smallest absolute Gasteiger partial charge is 0.223 e. The lowest BCUT2D eigenvalue weighted by atomic mass is 10.0. The first kappa shape index (κ1) is 21.2. The van der Waals surface area contributed by atoms with E-state index < -0.39 is 0 Å². The zero-order chi connectivity index (χ0) is 20.8. The van der Waals surface area contributed by atoms with Crippen molar-refractivity contribution >= 4 is 23.2 Å². The van der Waals surface area contributed by atoms with Crippen LogP contribution in [0, 0.1) is 5.92 Å². The van der Waals surface area contributed by atoms with Crippen molar-refractivity contribution in [2.24, 2.45) is 11.1 Å². The average molecular weight is 415 g/mol. The molecule has 1 atom stereocenters. The number of nitrogens with zero attached hydrogens (tertiary/aromatic N) is 2. The van der Waals surface area contributed by atoms with Gasteiger partial charge in [0, 0.05) is 24.4 Å². The highest BCUT2D eigenvalue weighted by Gasteiger charge is 2.27. The van der Waals surface area contributed by atoms with Crippen LogP contribution in [0.3, 0.4) is 0 Å². The fourth-order valence-electron chi connectivity index (χ4n) is 3.31. The monoisotopic (exact) mass is 414 g/mol. The molecule has 2 aromatic rings. The van der Waals surface area contributed by atoms with Gasteiger partial charge in [-0.05, 0) is 41.3 Å². The zero-order valence-electron chi connectivity index (χ0n) is 17.1. The molecule has 1 amide bonds. The van der Waals surface area contributed by atoms with Gasteiger partial charge in [-0.3, -0.25) is 4.79 Å². The van der Waals surface area contributed by atoms with Gasteiger partial charge in [-0.15, -0.1) is 0 Å². The molecule has 0 saturated heterocycles. The van der Waals surface area contributed by atoms with Crippen LogP contribution >= 0.6 is 11.6 Å². The third-order valence-corrected chi connectivity index (χ3v) is 5.03. The molecular formula is C23H27ClN2O3. The van der Waals surface area contributed by atoms with Crippen molar-refractivity contribution in [1.29, 1.82) is 0 Å². The van der Waals surface area contributed by atoms with Crippen LogP contribution in [0.1, 0.15) is 37.8 Å². The van der Waals surface area contributed by atoms with Crippen molar-refractivity contribution < 1.29 is 14.4 Å². The van der Waals surface area contributed by atoms with Gasteiger partial charge in [0.15, 0.2) is 6.10 Å². The third-order valence-electron chi connectivity index (χ3n) is 4.78. The lowest BCUT2D eigenvalue weighted by molar-refractivity contribution is -0.134. The Morgan fingerprint density at radius 3 is 2.72 bits per heavy atom. The molecule has 1 heterocycles. The standard InChI is InChI=1S/C23H27ClN2O3/c1-16(2)11-23(27)26(14-17-5-4-6-20(12-17)28-3)15-21-13-22(25-29-21)18-7-9-19(24)10-8-18/h4-10,12,16,21H,11,13-15H2,1-3H3/t21-/m0/s1. The fraction of sp³-hybridized carbons (Fsp3) is 0.391. The fourth-order valence-corrected chi connectivity index (χ4v) is 3.43. The predicted octanol–water partition coefficient (Wildman–Crippen LogP) is 4.92. The van der Waals surface area contributed by atoms with E-state index in [1.807, 2.05) is 53.4 Å². The lowest BCUT2D eigenvalue weighted by Gasteiger charge is -2.26. The van der Waals surface area contributed by atoms with Crippen LogP contribution < -0.4 is 4.74 Å². The number of halogens is 1. The Balaban J connectivity index is 1.68. The molecular weight excluding hydrogens is 388 g/mol. The summed E-state index contributed by atoms with van der Waals surface area (Å²) >= 11 is 5.97. The largest absolute Gasteiger partial charge is 0.497 e. The summed E-state index contributed by atoms with van der Waals surface area (Å²) in [7, 11) is 1.64. The topological polar surface area (TPSA) is 51.1 Å². The van der Waals surface area contributed by atoms with Gasteiger partial charge in [-0.25, -0.2) is 0 Å². The van der Waals surface area contributed by atoms with E-state index in [-0.39, 0.29) is 12.0 Å². The summed E-state index contributed by atoms with van der Waals surface area (Å²) in [4.78, 5) is 20.4. The van der Waals surface area contributed by atoms with E-state index in [1.165, 1.54) is 0 Å². The maximum Gasteiger partial charge on any atom is 0.223 e. The summed E-state index contributed by atoms with van der Waals surface area (Å²) in [5.41, 5.74) is 2.90. The summed E-state index contributed by atoms with van der Waals surface area (Å²) in [6, 6.07) is 15.4. The number of benzene rings is 2. The van der Waals surface area contributed by atoms with Crippen molar-refractivity contribution in [3.8, 4) is 5.75 Å². The number of carbonyl (C=O) groups excluding carboxylic acids is 1. The predicted molar refractivity (Wildman–Crippen MR) is 115 cm³/mol. The third kappa shape index (κ3) is 5.97. The van der Waals surface area contributed by atoms with Crippen molar-refractivity contribution in [2.75, 3.05) is 13.7 Å². The van der Waals surface area contributed by atoms with Crippen molar-refractivity contribution in [3.63, 3.8) is 0 Å². The van der Waals surface area contributed by atoms with Crippen LogP contribution in [0.2, 0.25) is 5.02 Å². The van der Waals surface area contributed by atoms with Gasteiger partial charge in [0.05, 0.1) is 19.4 Å². The Bertz CT molecular complexity index is 865. The molecule has 1 aliphatic rings. The molecule has 3 rings (SSSR count). The number of hydrogen-bond donors (Lipinski definition) is 0. The minimum absolute atomic E-state index is 0.117. The van der Waals surface area contributed by atoms with E-state index in [0.29, 0.717) is 36.9 Å². The van der Waals surface area contributed by atoms with Gasteiger partial charge in [-0.2, -0.15) is 0 Å². The second kappa shape index (κ2) is 9.79. The van der Waals surface area contributed by atoms with Crippen LogP contribution in [0.15, 0.2) is 53.7 Å². The minimum Gasteiger partial charge on any atom is -0.497 e. The number of rotatable bonds is 8. The number of methoxy groups -OCH3 is 1. The molecule has 0 unspecified atom stereocenters. The molecule has 0 radical (unpaired) electrons. The Morgan fingerprint density at radius 1 is 1.28 bits per heavy atom. The molecule has 0 aliphatic carbocycles. The van der Waals surface area contributed by atoms with E-state index in [4.69, 9.17) is 21.2 Å². The van der Waals surface area contributed by atoms with E-state index in [1.54, 1.807) is 7.11 Å². The van der Waals surface area contributed by atoms with Gasteiger partial charge in [0.1, 0.15) is 5.75 Å². The summed E-state index contributed by atoms with van der Waals surface area (Å²) in [5.74, 6) is 1.19. The highest BCUT2D eigenvalue weighted by Crippen LogP contribution is 2.22. The summed E-state index contributed by atoms with van der Waals surface area (Å²) in [5, 5.41) is 4.93. The Labute approximate surface area is 177 Å². The van der Waals surface area contributed by atoms with E-state index in [2.05, 4.69) is 19.0 Å².